The van der Waals surface area contributed by atoms with E-state index in [1.54, 1.807) is 0 Å². The van der Waals surface area contributed by atoms with Gasteiger partial charge in [0.2, 0.25) is 0 Å². The van der Waals surface area contributed by atoms with Crippen LogP contribution in [-0.4, -0.2) is 4.57 Å². The maximum atomic E-state index is 3.58. The molecule has 0 saturated carbocycles. The summed E-state index contributed by atoms with van der Waals surface area (Å²) in [4.78, 5) is 0. The van der Waals surface area contributed by atoms with Crippen molar-refractivity contribution in [1.29, 1.82) is 0 Å². The Morgan fingerprint density at radius 2 is 1.46 bits per heavy atom. The van der Waals surface area contributed by atoms with Crippen LogP contribution in [0.15, 0.2) is 85.1 Å². The summed E-state index contributed by atoms with van der Waals surface area (Å²) in [7, 11) is 0. The molecule has 0 bridgehead atoms. The Morgan fingerprint density at radius 1 is 0.731 bits per heavy atom. The monoisotopic (exact) mass is 340 g/mol. The number of hydrogen-bond acceptors (Lipinski definition) is 1. The highest BCUT2D eigenvalue weighted by atomic mass is 15.0. The number of benzene rings is 3. The van der Waals surface area contributed by atoms with Gasteiger partial charge >= 0.3 is 0 Å². The molecule has 0 fully saturated rings. The van der Waals surface area contributed by atoms with Gasteiger partial charge in [-0.2, -0.15) is 0 Å². The van der Waals surface area contributed by atoms with E-state index in [-0.39, 0.29) is 0 Å². The molecule has 0 aliphatic carbocycles. The van der Waals surface area contributed by atoms with Crippen molar-refractivity contribution in [2.75, 3.05) is 0 Å². The third kappa shape index (κ3) is 3.71. The highest BCUT2D eigenvalue weighted by Crippen LogP contribution is 2.22. The van der Waals surface area contributed by atoms with Gasteiger partial charge in [-0.15, -0.1) is 0 Å². The summed E-state index contributed by atoms with van der Waals surface area (Å²) in [6.45, 7) is 4.79. The van der Waals surface area contributed by atoms with Gasteiger partial charge in [-0.25, -0.2) is 0 Å². The van der Waals surface area contributed by atoms with E-state index in [1.165, 1.54) is 33.2 Å². The summed E-state index contributed by atoms with van der Waals surface area (Å²) >= 11 is 0. The van der Waals surface area contributed by atoms with Crippen LogP contribution in [0.3, 0.4) is 0 Å². The van der Waals surface area contributed by atoms with Gasteiger partial charge in [-0.3, -0.25) is 0 Å². The molecule has 4 aromatic rings. The number of aryl methyl sites for hydroxylation is 1. The summed E-state index contributed by atoms with van der Waals surface area (Å²) < 4.78 is 2.36. The second-order valence-electron chi connectivity index (χ2n) is 6.87. The Bertz CT molecular complexity index is 982. The Morgan fingerprint density at radius 3 is 2.27 bits per heavy atom. The fraction of sp³-hybridized carbons (Fsp3) is 0.167. The molecule has 130 valence electrons. The van der Waals surface area contributed by atoms with Crippen LogP contribution in [0.2, 0.25) is 0 Å². The normalized spacial score (nSPS) is 11.1. The predicted octanol–water partition coefficient (Wildman–Crippen LogP) is 5.29. The highest BCUT2D eigenvalue weighted by Gasteiger charge is 2.08. The fourth-order valence-corrected chi connectivity index (χ4v) is 3.42. The van der Waals surface area contributed by atoms with Crippen LogP contribution in [0.5, 0.6) is 0 Å². The van der Waals surface area contributed by atoms with Gasteiger partial charge in [0.25, 0.3) is 0 Å². The van der Waals surface area contributed by atoms with E-state index in [0.29, 0.717) is 0 Å². The van der Waals surface area contributed by atoms with Crippen molar-refractivity contribution < 1.29 is 0 Å². The van der Waals surface area contributed by atoms with Gasteiger partial charge in [0, 0.05) is 36.7 Å². The predicted molar refractivity (Wildman–Crippen MR) is 109 cm³/mol. The number of nitrogens with zero attached hydrogens (tertiary/aromatic N) is 1. The zero-order valence-electron chi connectivity index (χ0n) is 15.2. The lowest BCUT2D eigenvalue weighted by molar-refractivity contribution is 0.692. The molecule has 0 radical (unpaired) electrons. The Balaban J connectivity index is 1.54. The zero-order chi connectivity index (χ0) is 17.8. The number of fused-ring (bicyclic) bond motifs is 1. The molecule has 0 aliphatic rings. The molecular formula is C24H24N2. The van der Waals surface area contributed by atoms with E-state index in [4.69, 9.17) is 0 Å². The lowest BCUT2D eigenvalue weighted by Crippen LogP contribution is -2.12. The first-order valence-electron chi connectivity index (χ1n) is 9.16. The Labute approximate surface area is 155 Å². The molecule has 1 heterocycles. The van der Waals surface area contributed by atoms with Crippen LogP contribution in [0.25, 0.3) is 10.9 Å². The molecule has 26 heavy (non-hydrogen) atoms. The molecule has 0 unspecified atom stereocenters. The second kappa shape index (κ2) is 7.59. The molecule has 1 N–H and O–H groups in total. The average Bonchev–Trinajstić information content (AvgIpc) is 3.02. The molecule has 0 spiro atoms. The van der Waals surface area contributed by atoms with Crippen LogP contribution in [-0.2, 0) is 19.6 Å². The van der Waals surface area contributed by atoms with Crippen LogP contribution in [0.4, 0.5) is 0 Å². The van der Waals surface area contributed by atoms with E-state index in [2.05, 4.69) is 102 Å². The number of para-hydroxylation sites is 1. The van der Waals surface area contributed by atoms with Gasteiger partial charge in [0.15, 0.2) is 0 Å². The van der Waals surface area contributed by atoms with Crippen molar-refractivity contribution in [2.45, 2.75) is 26.6 Å². The molecular weight excluding hydrogens is 316 g/mol. The van der Waals surface area contributed by atoms with E-state index in [0.717, 1.165) is 19.6 Å². The lowest BCUT2D eigenvalue weighted by Gasteiger charge is -2.06. The maximum Gasteiger partial charge on any atom is 0.0486 e. The minimum atomic E-state index is 0.871. The second-order valence-corrected chi connectivity index (χ2v) is 6.87. The van der Waals surface area contributed by atoms with Crippen LogP contribution < -0.4 is 5.32 Å². The molecule has 0 aliphatic heterocycles. The summed E-state index contributed by atoms with van der Waals surface area (Å²) in [6, 6.07) is 28.0. The van der Waals surface area contributed by atoms with Crippen LogP contribution in [0.1, 0.15) is 22.3 Å². The van der Waals surface area contributed by atoms with E-state index >= 15 is 0 Å². The SMILES string of the molecule is Cc1ccc(Cn2cc(CNCc3ccccc3)c3ccccc32)cc1. The van der Waals surface area contributed by atoms with Gasteiger partial charge < -0.3 is 9.88 Å². The molecule has 2 nitrogen and oxygen atoms in total. The zero-order valence-corrected chi connectivity index (χ0v) is 15.2. The molecule has 1 aromatic heterocycles. The minimum Gasteiger partial charge on any atom is -0.343 e. The largest absolute Gasteiger partial charge is 0.343 e. The maximum absolute atomic E-state index is 3.58. The lowest BCUT2D eigenvalue weighted by atomic mass is 10.1. The molecule has 0 saturated heterocycles. The Hall–Kier alpha value is -2.84. The third-order valence-corrected chi connectivity index (χ3v) is 4.83. The first kappa shape index (κ1) is 16.6. The van der Waals surface area contributed by atoms with Crippen LogP contribution >= 0.6 is 0 Å². The van der Waals surface area contributed by atoms with Crippen molar-refractivity contribution in [2.24, 2.45) is 0 Å². The van der Waals surface area contributed by atoms with Crippen molar-refractivity contribution in [3.05, 3.63) is 107 Å². The molecule has 4 rings (SSSR count). The summed E-state index contributed by atoms with van der Waals surface area (Å²) in [5.74, 6) is 0. The number of aromatic nitrogens is 1. The van der Waals surface area contributed by atoms with E-state index in [1.807, 2.05) is 0 Å². The summed E-state index contributed by atoms with van der Waals surface area (Å²) in [5.41, 5.74) is 6.60. The standard InChI is InChI=1S/C24H24N2/c1-19-11-13-21(14-12-19)17-26-18-22(23-9-5-6-10-24(23)26)16-25-15-20-7-3-2-4-8-20/h2-14,18,25H,15-17H2,1H3. The summed E-state index contributed by atoms with van der Waals surface area (Å²) in [5, 5.41) is 4.91. The molecule has 0 amide bonds. The fourth-order valence-electron chi connectivity index (χ4n) is 3.42. The van der Waals surface area contributed by atoms with E-state index < -0.39 is 0 Å². The van der Waals surface area contributed by atoms with Crippen molar-refractivity contribution in [3.63, 3.8) is 0 Å². The van der Waals surface area contributed by atoms with Gasteiger partial charge in [-0.05, 0) is 29.7 Å². The molecule has 0 atom stereocenters. The van der Waals surface area contributed by atoms with Gasteiger partial charge in [0.1, 0.15) is 0 Å². The highest BCUT2D eigenvalue weighted by molar-refractivity contribution is 5.84. The smallest absolute Gasteiger partial charge is 0.0486 e. The minimum absolute atomic E-state index is 0.871. The first-order chi connectivity index (χ1) is 12.8. The van der Waals surface area contributed by atoms with Crippen molar-refractivity contribution in [3.8, 4) is 0 Å². The number of rotatable bonds is 6. The quantitative estimate of drug-likeness (QED) is 0.505. The molecule has 3 aromatic carbocycles. The topological polar surface area (TPSA) is 17.0 Å². The Kier molecular flexibility index (Phi) is 4.85. The van der Waals surface area contributed by atoms with Gasteiger partial charge in [0.05, 0.1) is 0 Å². The van der Waals surface area contributed by atoms with Crippen molar-refractivity contribution in [1.82, 2.24) is 9.88 Å². The van der Waals surface area contributed by atoms with Gasteiger partial charge in [-0.1, -0.05) is 78.4 Å². The number of hydrogen-bond donors (Lipinski definition) is 1. The van der Waals surface area contributed by atoms with E-state index in [9.17, 15) is 0 Å². The molecule has 2 heteroatoms. The average molecular weight is 340 g/mol. The summed E-state index contributed by atoms with van der Waals surface area (Å²) in [6.07, 6.45) is 2.29. The number of nitrogens with one attached hydrogen (secondary N) is 1. The van der Waals surface area contributed by atoms with Crippen LogP contribution in [0, 0.1) is 6.92 Å². The first-order valence-corrected chi connectivity index (χ1v) is 9.16. The van der Waals surface area contributed by atoms with Crippen molar-refractivity contribution >= 4 is 10.9 Å². The third-order valence-electron chi connectivity index (χ3n) is 4.83.